The van der Waals surface area contributed by atoms with Crippen LogP contribution in [0.3, 0.4) is 0 Å². The summed E-state index contributed by atoms with van der Waals surface area (Å²) >= 11 is 9.25. The van der Waals surface area contributed by atoms with Crippen molar-refractivity contribution in [3.63, 3.8) is 0 Å². The molecule has 0 aliphatic heterocycles. The molecule has 4 heteroatoms. The van der Waals surface area contributed by atoms with Crippen LogP contribution in [0.15, 0.2) is 22.7 Å². The van der Waals surface area contributed by atoms with Crippen LogP contribution in [-0.4, -0.2) is 19.8 Å². The van der Waals surface area contributed by atoms with Gasteiger partial charge in [-0.15, -0.1) is 0 Å². The quantitative estimate of drug-likeness (QED) is 0.740. The average Bonchev–Trinajstić information content (AvgIpc) is 2.23. The van der Waals surface area contributed by atoms with E-state index >= 15 is 0 Å². The summed E-state index contributed by atoms with van der Waals surface area (Å²) in [6.07, 6.45) is 0.890. The second-order valence-electron chi connectivity index (χ2n) is 2.97. The Morgan fingerprint density at radius 3 is 2.80 bits per heavy atom. The van der Waals surface area contributed by atoms with Crippen molar-refractivity contribution in [2.45, 2.75) is 13.3 Å². The Morgan fingerprint density at radius 2 is 2.13 bits per heavy atom. The Labute approximate surface area is 104 Å². The van der Waals surface area contributed by atoms with Gasteiger partial charge in [0.2, 0.25) is 0 Å². The fourth-order valence-electron chi connectivity index (χ4n) is 1.06. The van der Waals surface area contributed by atoms with Crippen LogP contribution in [0.2, 0.25) is 5.02 Å². The lowest BCUT2D eigenvalue weighted by atomic mass is 10.3. The van der Waals surface area contributed by atoms with Crippen molar-refractivity contribution in [3.05, 3.63) is 27.7 Å². The van der Waals surface area contributed by atoms with Crippen molar-refractivity contribution in [1.29, 1.82) is 0 Å². The summed E-state index contributed by atoms with van der Waals surface area (Å²) in [5.74, 6) is 0.791. The van der Waals surface area contributed by atoms with Crippen molar-refractivity contribution in [2.75, 3.05) is 19.8 Å². The molecule has 1 aromatic carbocycles. The summed E-state index contributed by atoms with van der Waals surface area (Å²) in [6.45, 7) is 4.12. The molecule has 0 saturated heterocycles. The van der Waals surface area contributed by atoms with E-state index in [1.807, 2.05) is 19.1 Å². The molecule has 0 N–H and O–H groups in total. The van der Waals surface area contributed by atoms with Crippen molar-refractivity contribution < 1.29 is 9.47 Å². The lowest BCUT2D eigenvalue weighted by Gasteiger charge is -2.07. The standard InChI is InChI=1S/C11H14BrClO2/c1-2-14-6-3-7-15-9-4-5-10(12)11(13)8-9/h4-5,8H,2-3,6-7H2,1H3. The monoisotopic (exact) mass is 292 g/mol. The molecule has 0 aromatic heterocycles. The largest absolute Gasteiger partial charge is 0.493 e. The molecule has 0 radical (unpaired) electrons. The van der Waals surface area contributed by atoms with Crippen LogP contribution in [0.25, 0.3) is 0 Å². The first-order chi connectivity index (χ1) is 7.24. The van der Waals surface area contributed by atoms with Crippen molar-refractivity contribution >= 4 is 27.5 Å². The van der Waals surface area contributed by atoms with E-state index in [0.29, 0.717) is 11.6 Å². The summed E-state index contributed by atoms with van der Waals surface area (Å²) < 4.78 is 11.6. The molecular formula is C11H14BrClO2. The highest BCUT2D eigenvalue weighted by atomic mass is 79.9. The van der Waals surface area contributed by atoms with E-state index in [9.17, 15) is 0 Å². The first-order valence-corrected chi connectivity index (χ1v) is 6.06. The molecule has 0 spiro atoms. The lowest BCUT2D eigenvalue weighted by molar-refractivity contribution is 0.131. The Kier molecular flexibility index (Phi) is 6.06. The SMILES string of the molecule is CCOCCCOc1ccc(Br)c(Cl)c1. The highest BCUT2D eigenvalue weighted by molar-refractivity contribution is 9.10. The molecule has 0 fully saturated rings. The number of ether oxygens (including phenoxy) is 2. The van der Waals surface area contributed by atoms with Crippen LogP contribution in [0.1, 0.15) is 13.3 Å². The molecule has 0 amide bonds. The molecule has 15 heavy (non-hydrogen) atoms. The zero-order valence-electron chi connectivity index (χ0n) is 8.63. The van der Waals surface area contributed by atoms with E-state index in [2.05, 4.69) is 15.9 Å². The van der Waals surface area contributed by atoms with Gasteiger partial charge in [0.1, 0.15) is 5.75 Å². The van der Waals surface area contributed by atoms with Crippen molar-refractivity contribution in [1.82, 2.24) is 0 Å². The maximum atomic E-state index is 5.92. The first kappa shape index (κ1) is 12.8. The van der Waals surface area contributed by atoms with Gasteiger partial charge in [-0.25, -0.2) is 0 Å². The number of hydrogen-bond donors (Lipinski definition) is 0. The van der Waals surface area contributed by atoms with Crippen LogP contribution in [-0.2, 0) is 4.74 Å². The summed E-state index contributed by atoms with van der Waals surface area (Å²) in [5.41, 5.74) is 0. The second kappa shape index (κ2) is 7.09. The topological polar surface area (TPSA) is 18.5 Å². The molecule has 0 aliphatic carbocycles. The smallest absolute Gasteiger partial charge is 0.120 e. The number of halogens is 2. The predicted octanol–water partition coefficient (Wildman–Crippen LogP) is 3.91. The number of hydrogen-bond acceptors (Lipinski definition) is 2. The first-order valence-electron chi connectivity index (χ1n) is 4.89. The van der Waals surface area contributed by atoms with E-state index in [4.69, 9.17) is 21.1 Å². The minimum absolute atomic E-state index is 0.651. The molecule has 0 atom stereocenters. The molecule has 0 bridgehead atoms. The molecule has 0 saturated carbocycles. The van der Waals surface area contributed by atoms with Gasteiger partial charge in [0.05, 0.1) is 11.6 Å². The Balaban J connectivity index is 2.28. The fourth-order valence-corrected chi connectivity index (χ4v) is 1.48. The Bertz CT molecular complexity index is 305. The predicted molar refractivity (Wildman–Crippen MR) is 65.8 cm³/mol. The summed E-state index contributed by atoms with van der Waals surface area (Å²) in [6, 6.07) is 5.56. The van der Waals surface area contributed by atoms with Gasteiger partial charge in [-0.1, -0.05) is 11.6 Å². The van der Waals surface area contributed by atoms with E-state index in [1.165, 1.54) is 0 Å². The van der Waals surface area contributed by atoms with Gasteiger partial charge in [0, 0.05) is 24.1 Å². The maximum Gasteiger partial charge on any atom is 0.120 e. The zero-order valence-corrected chi connectivity index (χ0v) is 11.0. The van der Waals surface area contributed by atoms with Crippen LogP contribution >= 0.6 is 27.5 Å². The lowest BCUT2D eigenvalue weighted by Crippen LogP contribution is -2.02. The van der Waals surface area contributed by atoms with Gasteiger partial charge < -0.3 is 9.47 Å². The molecule has 84 valence electrons. The Hall–Kier alpha value is -0.250. The van der Waals surface area contributed by atoms with Crippen molar-refractivity contribution in [2.24, 2.45) is 0 Å². The highest BCUT2D eigenvalue weighted by Crippen LogP contribution is 2.26. The third kappa shape index (κ3) is 4.87. The molecular weight excluding hydrogens is 279 g/mol. The number of rotatable bonds is 6. The number of benzene rings is 1. The van der Waals surface area contributed by atoms with Gasteiger partial charge in [-0.3, -0.25) is 0 Å². The average molecular weight is 294 g/mol. The maximum absolute atomic E-state index is 5.92. The van der Waals surface area contributed by atoms with Crippen LogP contribution < -0.4 is 4.74 Å². The molecule has 0 heterocycles. The van der Waals surface area contributed by atoms with Gasteiger partial charge in [-0.05, 0) is 41.1 Å². The van der Waals surface area contributed by atoms with Crippen LogP contribution in [0, 0.1) is 0 Å². The van der Waals surface area contributed by atoms with Gasteiger partial charge in [0.25, 0.3) is 0 Å². The second-order valence-corrected chi connectivity index (χ2v) is 4.24. The normalized spacial score (nSPS) is 10.3. The fraction of sp³-hybridized carbons (Fsp3) is 0.455. The Morgan fingerprint density at radius 1 is 1.33 bits per heavy atom. The van der Waals surface area contributed by atoms with Crippen LogP contribution in [0.4, 0.5) is 0 Å². The minimum atomic E-state index is 0.651. The van der Waals surface area contributed by atoms with E-state index in [-0.39, 0.29) is 0 Å². The third-order valence-electron chi connectivity index (χ3n) is 1.80. The van der Waals surface area contributed by atoms with Gasteiger partial charge >= 0.3 is 0 Å². The molecule has 0 unspecified atom stereocenters. The molecule has 2 nitrogen and oxygen atoms in total. The summed E-state index contributed by atoms with van der Waals surface area (Å²) in [7, 11) is 0. The van der Waals surface area contributed by atoms with Gasteiger partial charge in [0.15, 0.2) is 0 Å². The van der Waals surface area contributed by atoms with Crippen LogP contribution in [0.5, 0.6) is 5.75 Å². The van der Waals surface area contributed by atoms with E-state index in [0.717, 1.165) is 29.9 Å². The zero-order chi connectivity index (χ0) is 11.1. The summed E-state index contributed by atoms with van der Waals surface area (Å²) in [5, 5.41) is 0.664. The van der Waals surface area contributed by atoms with E-state index in [1.54, 1.807) is 6.07 Å². The molecule has 0 aliphatic rings. The third-order valence-corrected chi connectivity index (χ3v) is 3.03. The summed E-state index contributed by atoms with van der Waals surface area (Å²) in [4.78, 5) is 0. The molecule has 1 aromatic rings. The van der Waals surface area contributed by atoms with Gasteiger partial charge in [-0.2, -0.15) is 0 Å². The minimum Gasteiger partial charge on any atom is -0.493 e. The van der Waals surface area contributed by atoms with E-state index < -0.39 is 0 Å². The highest BCUT2D eigenvalue weighted by Gasteiger charge is 1.99. The molecule has 1 rings (SSSR count). The van der Waals surface area contributed by atoms with Crippen molar-refractivity contribution in [3.8, 4) is 5.75 Å².